The van der Waals surface area contributed by atoms with E-state index in [1.54, 1.807) is 0 Å². The zero-order valence-electron chi connectivity index (χ0n) is 6.80. The van der Waals surface area contributed by atoms with Crippen LogP contribution in [0.2, 0.25) is 0 Å². The number of nitro groups is 1. The third-order valence-corrected chi connectivity index (χ3v) is 1.66. The number of nitriles is 1. The third-order valence-electron chi connectivity index (χ3n) is 1.66. The Morgan fingerprint density at radius 3 is 3.00 bits per heavy atom. The predicted octanol–water partition coefficient (Wildman–Crippen LogP) is 1.61. The summed E-state index contributed by atoms with van der Waals surface area (Å²) < 4.78 is 4.81. The monoisotopic (exact) mass is 189 g/mol. The highest BCUT2D eigenvalue weighted by molar-refractivity contribution is 5.75. The average Bonchev–Trinajstić information content (AvgIpc) is 2.59. The summed E-state index contributed by atoms with van der Waals surface area (Å²) in [6, 6.07) is 5.78. The normalized spacial score (nSPS) is 9.93. The highest BCUT2D eigenvalue weighted by Crippen LogP contribution is 2.20. The molecule has 0 fully saturated rings. The Labute approximate surface area is 77.5 Å². The molecular weight excluding hydrogens is 186 g/mol. The van der Waals surface area contributed by atoms with E-state index in [4.69, 9.17) is 9.68 Å². The molecule has 6 nitrogen and oxygen atoms in total. The number of aromatic nitrogens is 1. The van der Waals surface area contributed by atoms with Crippen molar-refractivity contribution in [1.29, 1.82) is 5.26 Å². The maximum atomic E-state index is 10.3. The number of rotatable bonds is 1. The lowest BCUT2D eigenvalue weighted by molar-refractivity contribution is -0.406. The fourth-order valence-corrected chi connectivity index (χ4v) is 1.06. The summed E-state index contributed by atoms with van der Waals surface area (Å²) in [4.78, 5) is 13.2. The van der Waals surface area contributed by atoms with Gasteiger partial charge in [0.15, 0.2) is 5.58 Å². The number of benzene rings is 1. The Balaban J connectivity index is 2.67. The second-order valence-electron chi connectivity index (χ2n) is 2.55. The summed E-state index contributed by atoms with van der Waals surface area (Å²) in [5.41, 5.74) is 0.995. The lowest BCUT2D eigenvalue weighted by Gasteiger charge is -1.83. The summed E-state index contributed by atoms with van der Waals surface area (Å²) in [7, 11) is 0. The molecule has 6 heteroatoms. The second kappa shape index (κ2) is 2.81. The first kappa shape index (κ1) is 8.19. The molecule has 0 amide bonds. The maximum Gasteiger partial charge on any atom is 0.546 e. The molecule has 14 heavy (non-hydrogen) atoms. The molecule has 1 heterocycles. The van der Waals surface area contributed by atoms with Gasteiger partial charge in [-0.25, -0.2) is 0 Å². The molecule has 0 radical (unpaired) electrons. The minimum absolute atomic E-state index is 0.246. The van der Waals surface area contributed by atoms with E-state index >= 15 is 0 Å². The van der Waals surface area contributed by atoms with Gasteiger partial charge in [0.25, 0.3) is 0 Å². The molecule has 0 saturated heterocycles. The first-order chi connectivity index (χ1) is 6.70. The number of oxazole rings is 1. The fraction of sp³-hybridized carbons (Fsp3) is 0. The van der Waals surface area contributed by atoms with Gasteiger partial charge in [0.1, 0.15) is 0 Å². The highest BCUT2D eigenvalue weighted by atomic mass is 16.7. The molecule has 0 aliphatic rings. The molecule has 0 spiro atoms. The number of fused-ring (bicyclic) bond motifs is 1. The smallest absolute Gasteiger partial charge is 0.381 e. The molecule has 0 N–H and O–H groups in total. The molecule has 0 atom stereocenters. The van der Waals surface area contributed by atoms with E-state index in [0.29, 0.717) is 11.1 Å². The van der Waals surface area contributed by atoms with Crippen LogP contribution in [0, 0.1) is 21.4 Å². The minimum atomic E-state index is -0.716. The summed E-state index contributed by atoms with van der Waals surface area (Å²) in [5, 5.41) is 18.9. The van der Waals surface area contributed by atoms with Crippen molar-refractivity contribution in [1.82, 2.24) is 4.98 Å². The molecule has 0 aliphatic carbocycles. The van der Waals surface area contributed by atoms with E-state index in [0.717, 1.165) is 0 Å². The molecule has 0 aliphatic heterocycles. The van der Waals surface area contributed by atoms with E-state index in [1.807, 2.05) is 6.07 Å². The summed E-state index contributed by atoms with van der Waals surface area (Å²) in [6.45, 7) is 0. The van der Waals surface area contributed by atoms with Gasteiger partial charge in [0.05, 0.1) is 11.6 Å². The number of nitrogens with zero attached hydrogens (tertiary/aromatic N) is 3. The van der Waals surface area contributed by atoms with Crippen molar-refractivity contribution in [2.24, 2.45) is 0 Å². The van der Waals surface area contributed by atoms with Crippen LogP contribution < -0.4 is 0 Å². The van der Waals surface area contributed by atoms with E-state index < -0.39 is 10.9 Å². The minimum Gasteiger partial charge on any atom is -0.381 e. The van der Waals surface area contributed by atoms with Gasteiger partial charge < -0.3 is 14.5 Å². The molecule has 2 rings (SSSR count). The molecule has 0 bridgehead atoms. The van der Waals surface area contributed by atoms with Gasteiger partial charge in [0.2, 0.25) is 5.52 Å². The van der Waals surface area contributed by atoms with Crippen molar-refractivity contribution in [3.8, 4) is 6.07 Å². The SMILES string of the molecule is N#Cc1ccc2nc([N+](=O)[O-])oc2c1. The predicted molar refractivity (Wildman–Crippen MR) is 45.4 cm³/mol. The summed E-state index contributed by atoms with van der Waals surface area (Å²) >= 11 is 0. The van der Waals surface area contributed by atoms with Gasteiger partial charge in [-0.1, -0.05) is 0 Å². The zero-order valence-corrected chi connectivity index (χ0v) is 6.80. The van der Waals surface area contributed by atoms with Crippen molar-refractivity contribution in [2.75, 3.05) is 0 Å². The zero-order chi connectivity index (χ0) is 10.1. The first-order valence-electron chi connectivity index (χ1n) is 3.66. The van der Waals surface area contributed by atoms with E-state index in [2.05, 4.69) is 4.98 Å². The van der Waals surface area contributed by atoms with Gasteiger partial charge in [0, 0.05) is 16.0 Å². The van der Waals surface area contributed by atoms with Gasteiger partial charge in [-0.05, 0) is 12.1 Å². The standard InChI is InChI=1S/C8H3N3O3/c9-4-5-1-2-6-7(3-5)14-8(10-6)11(12)13/h1-3H. The molecular formula is C8H3N3O3. The van der Waals surface area contributed by atoms with Gasteiger partial charge in [-0.3, -0.25) is 0 Å². The van der Waals surface area contributed by atoms with Crippen LogP contribution >= 0.6 is 0 Å². The number of hydrogen-bond donors (Lipinski definition) is 0. The third kappa shape index (κ3) is 1.17. The van der Waals surface area contributed by atoms with Crippen LogP contribution in [0.5, 0.6) is 0 Å². The van der Waals surface area contributed by atoms with Crippen molar-refractivity contribution in [2.45, 2.75) is 0 Å². The van der Waals surface area contributed by atoms with E-state index in [1.165, 1.54) is 18.2 Å². The summed E-state index contributed by atoms with van der Waals surface area (Å²) in [6.07, 6.45) is 0. The van der Waals surface area contributed by atoms with Crippen LogP contribution in [0.15, 0.2) is 22.6 Å². The topological polar surface area (TPSA) is 93.0 Å². The van der Waals surface area contributed by atoms with Crippen LogP contribution in [-0.2, 0) is 0 Å². The number of hydrogen-bond acceptors (Lipinski definition) is 5. The van der Waals surface area contributed by atoms with Crippen LogP contribution in [0.1, 0.15) is 5.56 Å². The van der Waals surface area contributed by atoms with Crippen molar-refractivity contribution >= 4 is 17.1 Å². The van der Waals surface area contributed by atoms with Crippen LogP contribution in [0.3, 0.4) is 0 Å². The highest BCUT2D eigenvalue weighted by Gasteiger charge is 2.17. The quantitative estimate of drug-likeness (QED) is 0.501. The van der Waals surface area contributed by atoms with Crippen molar-refractivity contribution in [3.05, 3.63) is 33.9 Å². The van der Waals surface area contributed by atoms with Gasteiger partial charge in [-0.2, -0.15) is 5.26 Å². The Morgan fingerprint density at radius 1 is 1.57 bits per heavy atom. The Hall–Kier alpha value is -2.42. The molecule has 2 aromatic rings. The Kier molecular flexibility index (Phi) is 1.65. The molecule has 68 valence electrons. The summed E-state index contributed by atoms with van der Waals surface area (Å²) in [5.74, 6) is 0. The maximum absolute atomic E-state index is 10.3. The van der Waals surface area contributed by atoms with Crippen molar-refractivity contribution in [3.63, 3.8) is 0 Å². The van der Waals surface area contributed by atoms with Crippen molar-refractivity contribution < 1.29 is 9.34 Å². The van der Waals surface area contributed by atoms with Crippen LogP contribution in [0.25, 0.3) is 11.1 Å². The second-order valence-corrected chi connectivity index (χ2v) is 2.55. The largest absolute Gasteiger partial charge is 0.546 e. The Bertz CT molecular complexity index is 552. The lowest BCUT2D eigenvalue weighted by atomic mass is 10.2. The molecule has 1 aromatic heterocycles. The average molecular weight is 189 g/mol. The van der Waals surface area contributed by atoms with Gasteiger partial charge in [-0.15, -0.1) is 0 Å². The molecule has 0 saturated carbocycles. The lowest BCUT2D eigenvalue weighted by Crippen LogP contribution is -1.85. The molecule has 1 aromatic carbocycles. The van der Waals surface area contributed by atoms with Crippen LogP contribution in [-0.4, -0.2) is 9.91 Å². The fourth-order valence-electron chi connectivity index (χ4n) is 1.06. The van der Waals surface area contributed by atoms with Crippen LogP contribution in [0.4, 0.5) is 6.01 Å². The molecule has 0 unspecified atom stereocenters. The van der Waals surface area contributed by atoms with E-state index in [-0.39, 0.29) is 5.58 Å². The van der Waals surface area contributed by atoms with Gasteiger partial charge >= 0.3 is 6.01 Å². The van der Waals surface area contributed by atoms with E-state index in [9.17, 15) is 10.1 Å². The first-order valence-corrected chi connectivity index (χ1v) is 3.66. The Morgan fingerprint density at radius 2 is 2.36 bits per heavy atom.